The molecule has 4 heteroatoms. The first-order chi connectivity index (χ1) is 9.84. The summed E-state index contributed by atoms with van der Waals surface area (Å²) >= 11 is 0. The fourth-order valence-corrected chi connectivity index (χ4v) is 3.70. The molecule has 0 radical (unpaired) electrons. The Labute approximate surface area is 118 Å². The molecular weight excluding hydrogens is 254 g/mol. The number of carbonyl (C=O) groups excluding carboxylic acids is 1. The predicted octanol–water partition coefficient (Wildman–Crippen LogP) is 2.72. The van der Waals surface area contributed by atoms with Gasteiger partial charge in [-0.2, -0.15) is 0 Å². The third-order valence-corrected chi connectivity index (χ3v) is 4.70. The Bertz CT molecular complexity index is 486. The van der Waals surface area contributed by atoms with Gasteiger partial charge in [0.15, 0.2) is 0 Å². The highest BCUT2D eigenvalue weighted by atomic mass is 16.6. The van der Waals surface area contributed by atoms with Crippen molar-refractivity contribution in [2.24, 2.45) is 0 Å². The first kappa shape index (κ1) is 12.2. The van der Waals surface area contributed by atoms with Crippen molar-refractivity contribution in [3.05, 3.63) is 35.9 Å². The van der Waals surface area contributed by atoms with Crippen molar-refractivity contribution in [2.45, 2.75) is 56.6 Å². The number of hydrogen-bond acceptors (Lipinski definition) is 3. The highest BCUT2D eigenvalue weighted by Gasteiger charge is 2.62. The van der Waals surface area contributed by atoms with Crippen LogP contribution in [0.2, 0.25) is 0 Å². The quantitative estimate of drug-likeness (QED) is 0.778. The Balaban J connectivity index is 1.43. The third kappa shape index (κ3) is 1.99. The van der Waals surface area contributed by atoms with Gasteiger partial charge in [-0.1, -0.05) is 43.2 Å². The zero-order valence-electron chi connectivity index (χ0n) is 11.4. The maximum absolute atomic E-state index is 12.4. The Kier molecular flexibility index (Phi) is 2.91. The zero-order valence-corrected chi connectivity index (χ0v) is 11.4. The van der Waals surface area contributed by atoms with Crippen LogP contribution in [0.1, 0.15) is 31.2 Å². The van der Waals surface area contributed by atoms with E-state index in [-0.39, 0.29) is 30.4 Å². The average molecular weight is 273 g/mol. The van der Waals surface area contributed by atoms with Crippen LogP contribution in [0.5, 0.6) is 0 Å². The summed E-state index contributed by atoms with van der Waals surface area (Å²) in [4.78, 5) is 14.4. The second kappa shape index (κ2) is 4.77. The first-order valence-corrected chi connectivity index (χ1v) is 7.49. The topological polar surface area (TPSA) is 42.1 Å². The average Bonchev–Trinajstić information content (AvgIpc) is 3.20. The van der Waals surface area contributed by atoms with E-state index >= 15 is 0 Å². The van der Waals surface area contributed by atoms with E-state index in [4.69, 9.17) is 9.47 Å². The highest BCUT2D eigenvalue weighted by Crippen LogP contribution is 2.47. The van der Waals surface area contributed by atoms with Crippen molar-refractivity contribution >= 4 is 6.09 Å². The van der Waals surface area contributed by atoms with Crippen LogP contribution in [-0.4, -0.2) is 35.3 Å². The number of morpholine rings is 1. The second-order valence-electron chi connectivity index (χ2n) is 5.93. The van der Waals surface area contributed by atoms with Gasteiger partial charge in [-0.15, -0.1) is 0 Å². The molecule has 106 valence electrons. The molecule has 1 aromatic rings. The molecule has 0 N–H and O–H groups in total. The molecule has 3 fully saturated rings. The van der Waals surface area contributed by atoms with Gasteiger partial charge in [-0.25, -0.2) is 4.79 Å². The van der Waals surface area contributed by atoms with Crippen LogP contribution >= 0.6 is 0 Å². The summed E-state index contributed by atoms with van der Waals surface area (Å²) in [6.45, 7) is 0.353. The largest absolute Gasteiger partial charge is 0.445 e. The van der Waals surface area contributed by atoms with Gasteiger partial charge in [0.25, 0.3) is 0 Å². The lowest BCUT2D eigenvalue weighted by Crippen LogP contribution is -2.44. The van der Waals surface area contributed by atoms with E-state index < -0.39 is 0 Å². The van der Waals surface area contributed by atoms with Crippen LogP contribution in [0.3, 0.4) is 0 Å². The third-order valence-electron chi connectivity index (χ3n) is 4.70. The van der Waals surface area contributed by atoms with Crippen LogP contribution in [-0.2, 0) is 16.1 Å². The van der Waals surface area contributed by atoms with Crippen molar-refractivity contribution in [1.82, 2.24) is 4.90 Å². The zero-order chi connectivity index (χ0) is 13.5. The van der Waals surface area contributed by atoms with Gasteiger partial charge >= 0.3 is 6.09 Å². The summed E-state index contributed by atoms with van der Waals surface area (Å²) < 4.78 is 11.2. The summed E-state index contributed by atoms with van der Waals surface area (Å²) in [5, 5.41) is 0. The van der Waals surface area contributed by atoms with E-state index in [9.17, 15) is 4.79 Å². The lowest BCUT2D eigenvalue weighted by Gasteiger charge is -2.29. The summed E-state index contributed by atoms with van der Waals surface area (Å²) in [6, 6.07) is 10.3. The molecular formula is C16H19NO3. The van der Waals surface area contributed by atoms with E-state index in [0.717, 1.165) is 18.4 Å². The first-order valence-electron chi connectivity index (χ1n) is 7.49. The number of rotatable bonds is 2. The number of fused-ring (bicyclic) bond motifs is 5. The number of amides is 1. The van der Waals surface area contributed by atoms with Crippen molar-refractivity contribution in [2.75, 3.05) is 0 Å². The Morgan fingerprint density at radius 3 is 2.45 bits per heavy atom. The fraction of sp³-hybridized carbons (Fsp3) is 0.562. The monoisotopic (exact) mass is 273 g/mol. The molecule has 1 amide bonds. The SMILES string of the molecule is O=C(OCc1ccccc1)N1[C@@H]2CCCC[C@H]1[C@H]1O[C@H]12. The Morgan fingerprint density at radius 2 is 1.80 bits per heavy atom. The van der Waals surface area contributed by atoms with Crippen molar-refractivity contribution in [1.29, 1.82) is 0 Å². The molecule has 4 nitrogen and oxygen atoms in total. The van der Waals surface area contributed by atoms with Gasteiger partial charge in [0.2, 0.25) is 0 Å². The molecule has 3 aliphatic heterocycles. The second-order valence-corrected chi connectivity index (χ2v) is 5.93. The minimum absolute atomic E-state index is 0.165. The minimum atomic E-state index is -0.165. The molecule has 3 saturated heterocycles. The fourth-order valence-electron chi connectivity index (χ4n) is 3.70. The molecule has 2 bridgehead atoms. The van der Waals surface area contributed by atoms with Gasteiger partial charge < -0.3 is 9.47 Å². The molecule has 0 saturated carbocycles. The maximum atomic E-state index is 12.4. The van der Waals surface area contributed by atoms with Crippen molar-refractivity contribution < 1.29 is 14.3 Å². The molecule has 4 atom stereocenters. The minimum Gasteiger partial charge on any atom is -0.445 e. The highest BCUT2D eigenvalue weighted by molar-refractivity contribution is 5.70. The van der Waals surface area contributed by atoms with Gasteiger partial charge in [-0.3, -0.25) is 4.90 Å². The van der Waals surface area contributed by atoms with E-state index in [1.807, 2.05) is 35.2 Å². The standard InChI is InChI=1S/C16H19NO3/c18-16(19-10-11-6-2-1-3-7-11)17-12-8-4-5-9-13(17)15-14(12)20-15/h1-3,6-7,12-15H,4-5,8-10H2/t12-,13+,14+,15-. The molecule has 0 unspecified atom stereocenters. The molecule has 3 aliphatic rings. The lowest BCUT2D eigenvalue weighted by atomic mass is 10.0. The van der Waals surface area contributed by atoms with Gasteiger partial charge in [0, 0.05) is 0 Å². The number of carbonyl (C=O) groups is 1. The number of ether oxygens (including phenoxy) is 2. The summed E-state index contributed by atoms with van der Waals surface area (Å²) in [5.74, 6) is 0. The van der Waals surface area contributed by atoms with Crippen molar-refractivity contribution in [3.63, 3.8) is 0 Å². The normalized spacial score (nSPS) is 34.3. The predicted molar refractivity (Wildman–Crippen MR) is 73.2 cm³/mol. The van der Waals surface area contributed by atoms with Crippen LogP contribution in [0.25, 0.3) is 0 Å². The van der Waals surface area contributed by atoms with Gasteiger partial charge in [0.1, 0.15) is 18.8 Å². The molecule has 4 rings (SSSR count). The molecule has 20 heavy (non-hydrogen) atoms. The van der Waals surface area contributed by atoms with E-state index in [1.165, 1.54) is 12.8 Å². The smallest absolute Gasteiger partial charge is 0.410 e. The molecule has 0 spiro atoms. The van der Waals surface area contributed by atoms with E-state index in [2.05, 4.69) is 0 Å². The summed E-state index contributed by atoms with van der Waals surface area (Å²) in [7, 11) is 0. The summed E-state index contributed by atoms with van der Waals surface area (Å²) in [6.07, 6.45) is 4.89. The van der Waals surface area contributed by atoms with E-state index in [0.29, 0.717) is 6.61 Å². The number of hydrogen-bond donors (Lipinski definition) is 0. The molecule has 0 aliphatic carbocycles. The van der Waals surface area contributed by atoms with Crippen LogP contribution in [0.4, 0.5) is 4.79 Å². The van der Waals surface area contributed by atoms with Crippen molar-refractivity contribution in [3.8, 4) is 0 Å². The molecule has 1 aromatic carbocycles. The lowest BCUT2D eigenvalue weighted by molar-refractivity contribution is 0.0486. The van der Waals surface area contributed by atoms with E-state index in [1.54, 1.807) is 0 Å². The number of epoxide rings is 1. The number of nitrogens with zero attached hydrogens (tertiary/aromatic N) is 1. The number of benzene rings is 1. The van der Waals surface area contributed by atoms with Crippen LogP contribution in [0, 0.1) is 0 Å². The van der Waals surface area contributed by atoms with Crippen LogP contribution in [0.15, 0.2) is 30.3 Å². The Hall–Kier alpha value is -1.55. The Morgan fingerprint density at radius 1 is 1.15 bits per heavy atom. The molecule has 3 heterocycles. The van der Waals surface area contributed by atoms with Gasteiger partial charge in [-0.05, 0) is 18.4 Å². The maximum Gasteiger partial charge on any atom is 0.410 e. The molecule has 0 aromatic heterocycles. The summed E-state index contributed by atoms with van der Waals surface area (Å²) in [5.41, 5.74) is 1.03. The van der Waals surface area contributed by atoms with Gasteiger partial charge in [0.05, 0.1) is 12.1 Å². The van der Waals surface area contributed by atoms with Crippen LogP contribution < -0.4 is 0 Å².